The number of hydrogen-bond donors (Lipinski definition) is 2. The van der Waals surface area contributed by atoms with Crippen LogP contribution < -0.4 is 0 Å². The number of quaternary nitrogens is 2. The molecule has 0 bridgehead atoms. The number of benzene rings is 2. The molecule has 0 aromatic heterocycles. The second-order valence-corrected chi connectivity index (χ2v) is 23.6. The molecular weight excluding hydrogens is 916 g/mol. The van der Waals surface area contributed by atoms with Gasteiger partial charge >= 0.3 is 0 Å². The summed E-state index contributed by atoms with van der Waals surface area (Å²) in [5.74, 6) is 0.706. The van der Waals surface area contributed by atoms with Crippen molar-refractivity contribution in [3.05, 3.63) is 57.6 Å². The fourth-order valence-corrected chi connectivity index (χ4v) is 12.2. The molecule has 0 aliphatic heterocycles. The van der Waals surface area contributed by atoms with Gasteiger partial charge in [-0.05, 0) is 149 Å². The van der Waals surface area contributed by atoms with Crippen LogP contribution >= 0.6 is 0 Å². The third-order valence-corrected chi connectivity index (χ3v) is 17.4. The van der Waals surface area contributed by atoms with Crippen molar-refractivity contribution in [2.24, 2.45) is 9.98 Å². The topological polar surface area (TPSA) is 65.2 Å². The quantitative estimate of drug-likeness (QED) is 0.0520. The molecule has 2 aromatic rings. The summed E-state index contributed by atoms with van der Waals surface area (Å²) in [6, 6.07) is 9.18. The molecule has 71 heavy (non-hydrogen) atoms. The fourth-order valence-electron chi connectivity index (χ4n) is 12.2. The zero-order valence-electron chi connectivity index (χ0n) is 48.7. The largest absolute Gasteiger partial charge is 0.507 e. The number of phenolic OH excluding ortho intramolecular Hbond substituents is 2. The van der Waals surface area contributed by atoms with Gasteiger partial charge in [0.2, 0.25) is 0 Å². The number of phenols is 2. The van der Waals surface area contributed by atoms with Gasteiger partial charge in [0.15, 0.2) is 0 Å². The fraction of sp³-hybridized carbons (Fsp3) is 0.781. The van der Waals surface area contributed by atoms with Crippen LogP contribution in [0.15, 0.2) is 34.3 Å². The van der Waals surface area contributed by atoms with Crippen LogP contribution in [0.3, 0.4) is 0 Å². The van der Waals surface area contributed by atoms with Crippen molar-refractivity contribution in [2.45, 2.75) is 273 Å². The van der Waals surface area contributed by atoms with Crippen molar-refractivity contribution in [3.8, 4) is 11.5 Å². The maximum absolute atomic E-state index is 11.8. The molecular formula is C64H114CoN4O2+2. The van der Waals surface area contributed by atoms with Gasteiger partial charge < -0.3 is 19.2 Å². The number of aryl methyl sites for hydroxylation is 2. The van der Waals surface area contributed by atoms with E-state index in [2.05, 4.69) is 100 Å². The van der Waals surface area contributed by atoms with E-state index in [1.807, 2.05) is 19.4 Å². The molecule has 7 heteroatoms. The van der Waals surface area contributed by atoms with Crippen molar-refractivity contribution in [1.29, 1.82) is 0 Å². The SMILES string of the molecule is CCCCC(C)(CCCC)c1cc(C)c(O)c(C=N[C@@H]2CCCC[C@H]2N=Cc2cc(C(C)(CCC[N+](CCCC)(CCCC)CCCC)CCC[N+](CCCC)(CCCC)CCCC)cc(C)c2O)c1.[Co]. The van der Waals surface area contributed by atoms with E-state index in [0.29, 0.717) is 11.5 Å². The summed E-state index contributed by atoms with van der Waals surface area (Å²) >= 11 is 0. The second-order valence-electron chi connectivity index (χ2n) is 23.6. The van der Waals surface area contributed by atoms with Gasteiger partial charge in [0.25, 0.3) is 0 Å². The Morgan fingerprint density at radius 3 is 1.00 bits per heavy atom. The molecule has 0 amide bonds. The van der Waals surface area contributed by atoms with Gasteiger partial charge in [0.05, 0.1) is 64.4 Å². The molecule has 409 valence electrons. The minimum atomic E-state index is -0.0115. The standard InChI is InChI=1S/C64H112N4O2.Co/c1-13-21-35-63(11,36-22-14-2)57-47-53(9)61(69)55(49-57)51-65-59-33-29-30-34-60(59)66-52-56-50-58(48-54(10)62(56)70)64(12,37-31-45-67(39-23-15-3,40-24-16-4)41-25-17-5)38-32-46-68(42-26-18-6,43-27-19-7)44-28-20-8;/h47-52,59-60H,13-46H2,1-12H3;/p+2/t59-,60-;/m1./s1. The molecule has 0 spiro atoms. The van der Waals surface area contributed by atoms with Gasteiger partial charge in [-0.2, -0.15) is 0 Å². The number of hydrogen-bond acceptors (Lipinski definition) is 4. The van der Waals surface area contributed by atoms with E-state index in [4.69, 9.17) is 9.98 Å². The van der Waals surface area contributed by atoms with E-state index < -0.39 is 0 Å². The molecule has 2 N–H and O–H groups in total. The Kier molecular flexibility index (Phi) is 31.4. The predicted molar refractivity (Wildman–Crippen MR) is 308 cm³/mol. The van der Waals surface area contributed by atoms with Gasteiger partial charge in [0.1, 0.15) is 11.5 Å². The summed E-state index contributed by atoms with van der Waals surface area (Å²) in [6.07, 6.45) is 35.6. The Morgan fingerprint density at radius 1 is 0.451 bits per heavy atom. The van der Waals surface area contributed by atoms with Crippen LogP contribution in [0.5, 0.6) is 11.5 Å². The second kappa shape index (κ2) is 34.4. The third-order valence-electron chi connectivity index (χ3n) is 17.4. The molecule has 1 fully saturated rings. The van der Waals surface area contributed by atoms with Crippen molar-refractivity contribution in [1.82, 2.24) is 0 Å². The Morgan fingerprint density at radius 2 is 0.718 bits per heavy atom. The van der Waals surface area contributed by atoms with Crippen LogP contribution in [-0.4, -0.2) is 96.1 Å². The molecule has 1 saturated carbocycles. The number of rotatable bonds is 38. The summed E-state index contributed by atoms with van der Waals surface area (Å²) in [6.45, 7) is 38.3. The first-order valence-electron chi connectivity index (χ1n) is 30.1. The summed E-state index contributed by atoms with van der Waals surface area (Å²) in [5.41, 5.74) is 6.34. The third kappa shape index (κ3) is 20.8. The van der Waals surface area contributed by atoms with E-state index in [0.717, 1.165) is 60.8 Å². The number of aliphatic imine (C=N–C) groups is 2. The van der Waals surface area contributed by atoms with Crippen LogP contribution in [0.2, 0.25) is 0 Å². The van der Waals surface area contributed by atoms with Crippen molar-refractivity contribution in [3.63, 3.8) is 0 Å². The minimum Gasteiger partial charge on any atom is -0.507 e. The smallest absolute Gasteiger partial charge is 0.127 e. The first kappa shape index (κ1) is 64.9. The summed E-state index contributed by atoms with van der Waals surface area (Å²) in [7, 11) is 0. The van der Waals surface area contributed by atoms with Gasteiger partial charge in [-0.15, -0.1) is 0 Å². The van der Waals surface area contributed by atoms with Crippen molar-refractivity contribution < 1.29 is 36.0 Å². The molecule has 3 rings (SSSR count). The zero-order chi connectivity index (χ0) is 51.5. The Labute approximate surface area is 450 Å². The Bertz CT molecular complexity index is 1720. The molecule has 2 aromatic carbocycles. The van der Waals surface area contributed by atoms with E-state index in [9.17, 15) is 10.2 Å². The molecule has 0 saturated heterocycles. The molecule has 1 radical (unpaired) electrons. The predicted octanol–water partition coefficient (Wildman–Crippen LogP) is 17.5. The van der Waals surface area contributed by atoms with Gasteiger partial charge in [0, 0.05) is 40.3 Å². The maximum Gasteiger partial charge on any atom is 0.127 e. The normalized spacial score (nSPS) is 16.1. The van der Waals surface area contributed by atoms with Crippen LogP contribution in [0.4, 0.5) is 0 Å². The van der Waals surface area contributed by atoms with Gasteiger partial charge in [-0.25, -0.2) is 0 Å². The molecule has 0 unspecified atom stereocenters. The average Bonchev–Trinajstić information content (AvgIpc) is 3.36. The molecule has 1 aliphatic carbocycles. The first-order valence-corrected chi connectivity index (χ1v) is 30.1. The van der Waals surface area contributed by atoms with E-state index in [1.54, 1.807) is 0 Å². The van der Waals surface area contributed by atoms with E-state index >= 15 is 0 Å². The number of aromatic hydroxyl groups is 2. The van der Waals surface area contributed by atoms with Crippen molar-refractivity contribution in [2.75, 3.05) is 52.4 Å². The number of nitrogens with zero attached hydrogens (tertiary/aromatic N) is 4. The molecule has 2 atom stereocenters. The Hall–Kier alpha value is -2.19. The van der Waals surface area contributed by atoms with E-state index in [-0.39, 0.29) is 39.7 Å². The maximum atomic E-state index is 11.8. The van der Waals surface area contributed by atoms with Gasteiger partial charge in [-0.3, -0.25) is 9.98 Å². The summed E-state index contributed by atoms with van der Waals surface area (Å²) in [5, 5.41) is 23.2. The van der Waals surface area contributed by atoms with Crippen LogP contribution in [-0.2, 0) is 27.6 Å². The zero-order valence-corrected chi connectivity index (χ0v) is 49.7. The minimum absolute atomic E-state index is 0. The number of unbranched alkanes of at least 4 members (excludes halogenated alkanes) is 8. The van der Waals surface area contributed by atoms with Gasteiger partial charge in [-0.1, -0.05) is 158 Å². The Balaban J connectivity index is 0.0000173. The monoisotopic (exact) mass is 1030 g/mol. The molecule has 0 heterocycles. The van der Waals surface area contributed by atoms with E-state index in [1.165, 1.54) is 201 Å². The van der Waals surface area contributed by atoms with Crippen LogP contribution in [0.1, 0.15) is 270 Å². The van der Waals surface area contributed by atoms with Crippen LogP contribution in [0.25, 0.3) is 0 Å². The summed E-state index contributed by atoms with van der Waals surface area (Å²) in [4.78, 5) is 10.6. The molecule has 1 aliphatic rings. The van der Waals surface area contributed by atoms with Crippen LogP contribution in [0, 0.1) is 13.8 Å². The van der Waals surface area contributed by atoms with Crippen molar-refractivity contribution >= 4 is 12.4 Å². The first-order chi connectivity index (χ1) is 33.7. The molecule has 6 nitrogen and oxygen atoms in total. The average molecular weight is 1030 g/mol. The summed E-state index contributed by atoms with van der Waals surface area (Å²) < 4.78 is 2.58.